The SMILES string of the molecule is C[C@]1(c2ccccc2)c2ccccc2-c2c1ccc1ccccc21. The Morgan fingerprint density at radius 1 is 0.583 bits per heavy atom. The fourth-order valence-electron chi connectivity index (χ4n) is 4.34. The maximum Gasteiger partial charge on any atom is 0.0435 e. The van der Waals surface area contributed by atoms with Crippen molar-refractivity contribution in [3.05, 3.63) is 108 Å². The van der Waals surface area contributed by atoms with Gasteiger partial charge in [-0.3, -0.25) is 0 Å². The molecule has 0 unspecified atom stereocenters. The van der Waals surface area contributed by atoms with Gasteiger partial charge in [0, 0.05) is 5.41 Å². The molecule has 1 aliphatic rings. The average Bonchev–Trinajstić information content (AvgIpc) is 2.93. The highest BCUT2D eigenvalue weighted by molar-refractivity contribution is 6.03. The number of rotatable bonds is 1. The molecule has 0 spiro atoms. The van der Waals surface area contributed by atoms with Crippen LogP contribution in [-0.2, 0) is 5.41 Å². The van der Waals surface area contributed by atoms with E-state index in [1.54, 1.807) is 0 Å². The molecular formula is C24H18. The van der Waals surface area contributed by atoms with Crippen molar-refractivity contribution >= 4 is 10.8 Å². The minimum atomic E-state index is -0.1000. The van der Waals surface area contributed by atoms with Crippen LogP contribution in [0, 0.1) is 0 Å². The lowest BCUT2D eigenvalue weighted by Gasteiger charge is -2.28. The van der Waals surface area contributed by atoms with Crippen molar-refractivity contribution in [2.45, 2.75) is 12.3 Å². The molecule has 114 valence electrons. The summed E-state index contributed by atoms with van der Waals surface area (Å²) < 4.78 is 0. The Balaban J connectivity index is 1.95. The van der Waals surface area contributed by atoms with Crippen LogP contribution in [0.4, 0.5) is 0 Å². The lowest BCUT2D eigenvalue weighted by Crippen LogP contribution is -2.22. The molecule has 0 heterocycles. The van der Waals surface area contributed by atoms with Gasteiger partial charge in [0.2, 0.25) is 0 Å². The van der Waals surface area contributed by atoms with Gasteiger partial charge in [-0.25, -0.2) is 0 Å². The van der Waals surface area contributed by atoms with Crippen molar-refractivity contribution in [1.82, 2.24) is 0 Å². The summed E-state index contributed by atoms with van der Waals surface area (Å²) in [6.07, 6.45) is 0. The first-order valence-corrected chi connectivity index (χ1v) is 8.48. The van der Waals surface area contributed by atoms with Gasteiger partial charge in [-0.15, -0.1) is 0 Å². The van der Waals surface area contributed by atoms with Gasteiger partial charge in [0.25, 0.3) is 0 Å². The van der Waals surface area contributed by atoms with E-state index >= 15 is 0 Å². The number of hydrogen-bond acceptors (Lipinski definition) is 0. The van der Waals surface area contributed by atoms with E-state index in [-0.39, 0.29) is 5.41 Å². The van der Waals surface area contributed by atoms with E-state index in [4.69, 9.17) is 0 Å². The van der Waals surface area contributed by atoms with Crippen LogP contribution in [0.25, 0.3) is 21.9 Å². The molecule has 0 amide bonds. The Morgan fingerprint density at radius 3 is 2.17 bits per heavy atom. The highest BCUT2D eigenvalue weighted by Crippen LogP contribution is 2.54. The maximum absolute atomic E-state index is 2.36. The minimum Gasteiger partial charge on any atom is -0.0622 e. The summed E-state index contributed by atoms with van der Waals surface area (Å²) in [5.41, 5.74) is 6.84. The Bertz CT molecular complexity index is 1060. The molecule has 0 N–H and O–H groups in total. The van der Waals surface area contributed by atoms with Gasteiger partial charge in [0.15, 0.2) is 0 Å². The first-order chi connectivity index (χ1) is 11.8. The average molecular weight is 306 g/mol. The smallest absolute Gasteiger partial charge is 0.0435 e. The van der Waals surface area contributed by atoms with Gasteiger partial charge in [-0.1, -0.05) is 91.0 Å². The Labute approximate surface area is 142 Å². The molecule has 0 aromatic heterocycles. The lowest BCUT2D eigenvalue weighted by molar-refractivity contribution is 0.714. The van der Waals surface area contributed by atoms with E-state index in [9.17, 15) is 0 Å². The van der Waals surface area contributed by atoms with Crippen LogP contribution < -0.4 is 0 Å². The molecule has 4 aromatic rings. The lowest BCUT2D eigenvalue weighted by atomic mass is 9.74. The van der Waals surface area contributed by atoms with Crippen LogP contribution in [-0.4, -0.2) is 0 Å². The molecule has 0 aliphatic heterocycles. The normalized spacial score (nSPS) is 18.4. The molecule has 1 aliphatic carbocycles. The zero-order valence-corrected chi connectivity index (χ0v) is 13.7. The molecule has 0 nitrogen and oxygen atoms in total. The van der Waals surface area contributed by atoms with Crippen LogP contribution >= 0.6 is 0 Å². The molecular weight excluding hydrogens is 288 g/mol. The molecule has 0 saturated carbocycles. The van der Waals surface area contributed by atoms with Gasteiger partial charge >= 0.3 is 0 Å². The summed E-state index contributed by atoms with van der Waals surface area (Å²) >= 11 is 0. The topological polar surface area (TPSA) is 0 Å². The van der Waals surface area contributed by atoms with Crippen LogP contribution in [0.1, 0.15) is 23.6 Å². The van der Waals surface area contributed by atoms with Crippen LogP contribution in [0.3, 0.4) is 0 Å². The van der Waals surface area contributed by atoms with Crippen molar-refractivity contribution in [1.29, 1.82) is 0 Å². The Kier molecular flexibility index (Phi) is 2.72. The zero-order chi connectivity index (χ0) is 16.1. The Hall–Kier alpha value is -2.86. The molecule has 1 atom stereocenters. The van der Waals surface area contributed by atoms with E-state index < -0.39 is 0 Å². The fourth-order valence-corrected chi connectivity index (χ4v) is 4.34. The predicted octanol–water partition coefficient (Wildman–Crippen LogP) is 6.17. The monoisotopic (exact) mass is 306 g/mol. The molecule has 5 rings (SSSR count). The fraction of sp³-hybridized carbons (Fsp3) is 0.0833. The summed E-state index contributed by atoms with van der Waals surface area (Å²) in [4.78, 5) is 0. The minimum absolute atomic E-state index is 0.1000. The zero-order valence-electron chi connectivity index (χ0n) is 13.7. The number of fused-ring (bicyclic) bond motifs is 5. The molecule has 0 saturated heterocycles. The molecule has 0 heteroatoms. The first kappa shape index (κ1) is 13.6. The summed E-state index contributed by atoms with van der Waals surface area (Å²) in [7, 11) is 0. The second kappa shape index (κ2) is 4.82. The number of hydrogen-bond donors (Lipinski definition) is 0. The summed E-state index contributed by atoms with van der Waals surface area (Å²) in [5.74, 6) is 0. The van der Waals surface area contributed by atoms with Gasteiger partial charge < -0.3 is 0 Å². The second-order valence-electron chi connectivity index (χ2n) is 6.75. The number of benzene rings is 4. The molecule has 0 radical (unpaired) electrons. The predicted molar refractivity (Wildman–Crippen MR) is 101 cm³/mol. The standard InChI is InChI=1S/C24H18/c1-24(18-10-3-2-4-11-18)21-14-8-7-13-20(21)23-19-12-6-5-9-17(19)15-16-22(23)24/h2-16H,1H3/t24-/m0/s1. The van der Waals surface area contributed by atoms with E-state index in [1.807, 2.05) is 0 Å². The van der Waals surface area contributed by atoms with Gasteiger partial charge in [0.1, 0.15) is 0 Å². The highest BCUT2D eigenvalue weighted by atomic mass is 14.4. The van der Waals surface area contributed by atoms with Crippen molar-refractivity contribution in [3.63, 3.8) is 0 Å². The van der Waals surface area contributed by atoms with Crippen LogP contribution in [0.2, 0.25) is 0 Å². The van der Waals surface area contributed by atoms with Gasteiger partial charge in [-0.2, -0.15) is 0 Å². The van der Waals surface area contributed by atoms with Crippen LogP contribution in [0.5, 0.6) is 0 Å². The largest absolute Gasteiger partial charge is 0.0622 e. The third-order valence-corrected chi connectivity index (χ3v) is 5.55. The molecule has 0 fully saturated rings. The quantitative estimate of drug-likeness (QED) is 0.394. The van der Waals surface area contributed by atoms with Crippen molar-refractivity contribution in [2.75, 3.05) is 0 Å². The summed E-state index contributed by atoms with van der Waals surface area (Å²) in [6.45, 7) is 2.36. The molecule has 24 heavy (non-hydrogen) atoms. The summed E-state index contributed by atoms with van der Waals surface area (Å²) in [6, 6.07) is 33.1. The third kappa shape index (κ3) is 1.63. The molecule has 4 aromatic carbocycles. The maximum atomic E-state index is 2.36. The third-order valence-electron chi connectivity index (χ3n) is 5.55. The van der Waals surface area contributed by atoms with Gasteiger partial charge in [-0.05, 0) is 45.5 Å². The van der Waals surface area contributed by atoms with Crippen LogP contribution in [0.15, 0.2) is 91.0 Å². The van der Waals surface area contributed by atoms with E-state index in [0.717, 1.165) is 0 Å². The second-order valence-corrected chi connectivity index (χ2v) is 6.75. The van der Waals surface area contributed by atoms with E-state index in [2.05, 4.69) is 97.9 Å². The van der Waals surface area contributed by atoms with E-state index in [0.29, 0.717) is 0 Å². The molecule has 0 bridgehead atoms. The highest BCUT2D eigenvalue weighted by Gasteiger charge is 2.41. The Morgan fingerprint density at radius 2 is 1.29 bits per heavy atom. The van der Waals surface area contributed by atoms with Crippen molar-refractivity contribution in [3.8, 4) is 11.1 Å². The summed E-state index contributed by atoms with van der Waals surface area (Å²) in [5, 5.41) is 2.66. The van der Waals surface area contributed by atoms with Crippen molar-refractivity contribution in [2.24, 2.45) is 0 Å². The van der Waals surface area contributed by atoms with Gasteiger partial charge in [0.05, 0.1) is 0 Å². The van der Waals surface area contributed by atoms with Crippen molar-refractivity contribution < 1.29 is 0 Å². The van der Waals surface area contributed by atoms with E-state index in [1.165, 1.54) is 38.6 Å². The first-order valence-electron chi connectivity index (χ1n) is 8.48.